The van der Waals surface area contributed by atoms with Crippen LogP contribution in [-0.2, 0) is 12.8 Å². The third-order valence-electron chi connectivity index (χ3n) is 5.97. The summed E-state index contributed by atoms with van der Waals surface area (Å²) in [6, 6.07) is 14.4. The molecule has 0 nitrogen and oxygen atoms in total. The second-order valence-corrected chi connectivity index (χ2v) is 11.3. The molecule has 0 bridgehead atoms. The van der Waals surface area contributed by atoms with Crippen molar-refractivity contribution in [2.24, 2.45) is 0 Å². The van der Waals surface area contributed by atoms with E-state index in [4.69, 9.17) is 0 Å². The molecule has 2 aromatic carbocycles. The van der Waals surface area contributed by atoms with E-state index in [9.17, 15) is 0 Å². The Morgan fingerprint density at radius 2 is 1.10 bits per heavy atom. The summed E-state index contributed by atoms with van der Waals surface area (Å²) in [7, 11) is 0. The van der Waals surface area contributed by atoms with Crippen molar-refractivity contribution in [1.82, 2.24) is 0 Å². The molecule has 0 spiro atoms. The Kier molecular flexibility index (Phi) is 5.64. The van der Waals surface area contributed by atoms with Crippen LogP contribution in [0, 0.1) is 0 Å². The second kappa shape index (κ2) is 8.37. The van der Waals surface area contributed by atoms with E-state index in [-0.39, 0.29) is 0 Å². The summed E-state index contributed by atoms with van der Waals surface area (Å²) in [6.45, 7) is 4.56. The van der Waals surface area contributed by atoms with Gasteiger partial charge in [0, 0.05) is 20.2 Å². The average Bonchev–Trinajstić information content (AvgIpc) is 3.37. The van der Waals surface area contributed by atoms with Gasteiger partial charge < -0.3 is 0 Å². The van der Waals surface area contributed by atoms with E-state index in [2.05, 4.69) is 50.2 Å². The molecule has 0 aliphatic heterocycles. The summed E-state index contributed by atoms with van der Waals surface area (Å²) in [6.07, 6.45) is 10.3. The lowest BCUT2D eigenvalue weighted by Gasteiger charge is -2.01. The average molecular weight is 437 g/mol. The maximum absolute atomic E-state index is 2.46. The van der Waals surface area contributed by atoms with Gasteiger partial charge in [0.1, 0.15) is 0 Å². The smallest absolute Gasteiger partial charge is 0.0642 e. The molecule has 0 amide bonds. The Hall–Kier alpha value is -1.42. The number of hydrogen-bond donors (Lipinski definition) is 0. The summed E-state index contributed by atoms with van der Waals surface area (Å²) >= 11 is 6.02. The van der Waals surface area contributed by atoms with Crippen molar-refractivity contribution in [1.29, 1.82) is 0 Å². The molecular formula is C26H28S3. The van der Waals surface area contributed by atoms with Crippen molar-refractivity contribution in [3.63, 3.8) is 0 Å². The van der Waals surface area contributed by atoms with Crippen LogP contribution in [0.2, 0.25) is 0 Å². The van der Waals surface area contributed by atoms with Gasteiger partial charge >= 0.3 is 0 Å². The molecule has 3 heterocycles. The van der Waals surface area contributed by atoms with Crippen molar-refractivity contribution >= 4 is 73.0 Å². The fraction of sp³-hybridized carbons (Fsp3) is 0.385. The lowest BCUT2D eigenvalue weighted by Crippen LogP contribution is -1.85. The first kappa shape index (κ1) is 19.5. The van der Waals surface area contributed by atoms with Gasteiger partial charge in [-0.25, -0.2) is 0 Å². The van der Waals surface area contributed by atoms with Gasteiger partial charge in [-0.05, 0) is 48.9 Å². The number of rotatable bonds is 8. The van der Waals surface area contributed by atoms with E-state index in [1.54, 1.807) is 0 Å². The van der Waals surface area contributed by atoms with Gasteiger partial charge in [0.25, 0.3) is 0 Å². The van der Waals surface area contributed by atoms with Crippen LogP contribution in [0.1, 0.15) is 63.5 Å². The zero-order valence-electron chi connectivity index (χ0n) is 17.3. The summed E-state index contributed by atoms with van der Waals surface area (Å²) in [5, 5.41) is 2.92. The van der Waals surface area contributed by atoms with Crippen LogP contribution in [0.15, 0.2) is 36.4 Å². The molecule has 3 aromatic heterocycles. The molecule has 29 heavy (non-hydrogen) atoms. The van der Waals surface area contributed by atoms with Crippen molar-refractivity contribution < 1.29 is 0 Å². The maximum atomic E-state index is 2.46. The molecule has 0 aliphatic rings. The highest BCUT2D eigenvalue weighted by atomic mass is 32.1. The van der Waals surface area contributed by atoms with Gasteiger partial charge in [0.2, 0.25) is 0 Å². The van der Waals surface area contributed by atoms with Crippen molar-refractivity contribution in [3.05, 3.63) is 47.5 Å². The molecule has 3 heteroatoms. The fourth-order valence-corrected chi connectivity index (χ4v) is 8.68. The molecule has 5 aromatic rings. The van der Waals surface area contributed by atoms with Crippen LogP contribution in [0.25, 0.3) is 39.0 Å². The van der Waals surface area contributed by atoms with Crippen molar-refractivity contribution in [2.45, 2.75) is 65.2 Å². The van der Waals surface area contributed by atoms with E-state index < -0.39 is 0 Å². The van der Waals surface area contributed by atoms with Crippen molar-refractivity contribution in [3.8, 4) is 0 Å². The quantitative estimate of drug-likeness (QED) is 0.212. The van der Waals surface area contributed by atoms with E-state index in [1.165, 1.54) is 101 Å². The van der Waals surface area contributed by atoms with E-state index in [1.807, 2.05) is 34.0 Å². The Morgan fingerprint density at radius 3 is 1.66 bits per heavy atom. The monoisotopic (exact) mass is 436 g/mol. The van der Waals surface area contributed by atoms with Crippen LogP contribution in [0.3, 0.4) is 0 Å². The molecule has 0 aliphatic carbocycles. The number of thiophene rings is 3. The molecule has 0 N–H and O–H groups in total. The summed E-state index contributed by atoms with van der Waals surface area (Å²) in [5.41, 5.74) is 3.00. The first-order valence-electron chi connectivity index (χ1n) is 11.1. The minimum Gasteiger partial charge on any atom is -0.133 e. The minimum absolute atomic E-state index is 1.21. The molecule has 0 unspecified atom stereocenters. The predicted molar refractivity (Wildman–Crippen MR) is 137 cm³/mol. The third kappa shape index (κ3) is 3.62. The number of aryl methyl sites for hydroxylation is 2. The lowest BCUT2D eigenvalue weighted by molar-refractivity contribution is 0.667. The van der Waals surface area contributed by atoms with Crippen LogP contribution >= 0.6 is 34.0 Å². The highest BCUT2D eigenvalue weighted by molar-refractivity contribution is 7.43. The second-order valence-electron chi connectivity index (χ2n) is 8.20. The Morgan fingerprint density at radius 1 is 0.552 bits per heavy atom. The summed E-state index contributed by atoms with van der Waals surface area (Å²) in [4.78, 5) is 0. The van der Waals surface area contributed by atoms with E-state index >= 15 is 0 Å². The minimum atomic E-state index is 1.21. The van der Waals surface area contributed by atoms with Gasteiger partial charge in [0.05, 0.1) is 18.8 Å². The molecule has 0 radical (unpaired) electrons. The molecule has 150 valence electrons. The lowest BCUT2D eigenvalue weighted by atomic mass is 10.1. The van der Waals surface area contributed by atoms with Gasteiger partial charge in [-0.1, -0.05) is 63.8 Å². The number of benzene rings is 2. The van der Waals surface area contributed by atoms with Crippen LogP contribution in [-0.4, -0.2) is 0 Å². The van der Waals surface area contributed by atoms with Gasteiger partial charge in [0.15, 0.2) is 0 Å². The summed E-state index contributed by atoms with van der Waals surface area (Å²) in [5.74, 6) is 0. The molecular weight excluding hydrogens is 408 g/mol. The third-order valence-corrected chi connectivity index (χ3v) is 9.95. The fourth-order valence-electron chi connectivity index (χ4n) is 4.29. The first-order chi connectivity index (χ1) is 14.3. The first-order valence-corrected chi connectivity index (χ1v) is 13.5. The van der Waals surface area contributed by atoms with Gasteiger partial charge in [-0.2, -0.15) is 0 Å². The number of unbranched alkanes of at least 4 members (excludes halogenated alkanes) is 4. The Bertz CT molecular complexity index is 1280. The molecule has 0 saturated carbocycles. The van der Waals surface area contributed by atoms with Gasteiger partial charge in [-0.3, -0.25) is 0 Å². The van der Waals surface area contributed by atoms with Crippen LogP contribution < -0.4 is 0 Å². The molecule has 0 saturated heterocycles. The maximum Gasteiger partial charge on any atom is 0.0642 e. The molecule has 5 rings (SSSR count). The van der Waals surface area contributed by atoms with Crippen LogP contribution in [0.4, 0.5) is 0 Å². The largest absolute Gasteiger partial charge is 0.133 e. The Labute approximate surface area is 185 Å². The normalized spacial score (nSPS) is 12.2. The van der Waals surface area contributed by atoms with E-state index in [0.29, 0.717) is 0 Å². The standard InChI is InChI=1S/C26H28S3/c1-3-5-7-8-10-18-12-14-20-22(16-18)28-26-24(20)29-23-19-13-11-17(9-6-4-2)15-21(19)27-25(23)26/h11-16H,3-10H2,1-2H3. The number of fused-ring (bicyclic) bond motifs is 7. The molecule has 0 atom stereocenters. The predicted octanol–water partition coefficient (Wildman–Crippen LogP) is 9.95. The number of hydrogen-bond acceptors (Lipinski definition) is 3. The van der Waals surface area contributed by atoms with E-state index in [0.717, 1.165) is 0 Å². The zero-order chi connectivity index (χ0) is 19.8. The topological polar surface area (TPSA) is 0 Å². The Balaban J connectivity index is 1.53. The molecule has 0 fully saturated rings. The highest BCUT2D eigenvalue weighted by Crippen LogP contribution is 2.50. The van der Waals surface area contributed by atoms with Crippen molar-refractivity contribution in [2.75, 3.05) is 0 Å². The zero-order valence-corrected chi connectivity index (χ0v) is 19.8. The highest BCUT2D eigenvalue weighted by Gasteiger charge is 2.17. The van der Waals surface area contributed by atoms with Gasteiger partial charge in [-0.15, -0.1) is 34.0 Å². The van der Waals surface area contributed by atoms with Crippen LogP contribution in [0.5, 0.6) is 0 Å². The SMILES string of the molecule is CCCCCCc1ccc2c(c1)sc1c2sc2c3ccc(CCCC)cc3sc21. The summed E-state index contributed by atoms with van der Waals surface area (Å²) < 4.78 is 8.97.